The second-order valence-corrected chi connectivity index (χ2v) is 8.06. The summed E-state index contributed by atoms with van der Waals surface area (Å²) >= 11 is 0. The maximum atomic E-state index is 13.2. The molecule has 0 radical (unpaired) electrons. The average Bonchev–Trinajstić information content (AvgIpc) is 3.17. The summed E-state index contributed by atoms with van der Waals surface area (Å²) in [5, 5.41) is 0. The Hall–Kier alpha value is -3.13. The molecule has 2 aromatic carbocycles. The SMILES string of the molecule is Cc1ccc(C(=O)N(CCN(C)C)Cc2nccn2Cc2ccc(C(F)(F)F)cc2)cc1. The summed E-state index contributed by atoms with van der Waals surface area (Å²) in [4.78, 5) is 21.3. The first-order chi connectivity index (χ1) is 15.1. The van der Waals surface area contributed by atoms with Crippen molar-refractivity contribution in [1.29, 1.82) is 0 Å². The monoisotopic (exact) mass is 444 g/mol. The molecule has 0 aliphatic heterocycles. The quantitative estimate of drug-likeness (QED) is 0.515. The molecule has 5 nitrogen and oxygen atoms in total. The molecule has 0 aliphatic rings. The molecule has 0 aliphatic carbocycles. The van der Waals surface area contributed by atoms with Crippen molar-refractivity contribution in [2.24, 2.45) is 0 Å². The molecule has 0 unspecified atom stereocenters. The molecule has 3 rings (SSSR count). The van der Waals surface area contributed by atoms with Crippen LogP contribution >= 0.6 is 0 Å². The minimum atomic E-state index is -4.36. The van der Waals surface area contributed by atoms with E-state index in [1.54, 1.807) is 17.3 Å². The highest BCUT2D eigenvalue weighted by atomic mass is 19.4. The molecule has 170 valence electrons. The van der Waals surface area contributed by atoms with E-state index in [4.69, 9.17) is 0 Å². The van der Waals surface area contributed by atoms with Crippen molar-refractivity contribution in [3.63, 3.8) is 0 Å². The fourth-order valence-corrected chi connectivity index (χ4v) is 3.25. The van der Waals surface area contributed by atoms with E-state index in [1.807, 2.05) is 54.8 Å². The lowest BCUT2D eigenvalue weighted by molar-refractivity contribution is -0.137. The normalized spacial score (nSPS) is 11.7. The van der Waals surface area contributed by atoms with Gasteiger partial charge in [0.15, 0.2) is 0 Å². The number of nitrogens with zero attached hydrogens (tertiary/aromatic N) is 4. The average molecular weight is 445 g/mol. The van der Waals surface area contributed by atoms with Gasteiger partial charge in [0.25, 0.3) is 5.91 Å². The van der Waals surface area contributed by atoms with E-state index < -0.39 is 11.7 Å². The van der Waals surface area contributed by atoms with E-state index in [9.17, 15) is 18.0 Å². The number of likely N-dealkylation sites (N-methyl/N-ethyl adjacent to an activating group) is 1. The van der Waals surface area contributed by atoms with Crippen LogP contribution in [0, 0.1) is 6.92 Å². The number of carbonyl (C=O) groups is 1. The zero-order valence-electron chi connectivity index (χ0n) is 18.4. The van der Waals surface area contributed by atoms with Crippen LogP contribution in [0.2, 0.25) is 0 Å². The van der Waals surface area contributed by atoms with Crippen LogP contribution in [0.15, 0.2) is 60.9 Å². The molecule has 3 aromatic rings. The van der Waals surface area contributed by atoms with Gasteiger partial charge in [-0.15, -0.1) is 0 Å². The lowest BCUT2D eigenvalue weighted by Gasteiger charge is -2.25. The van der Waals surface area contributed by atoms with Gasteiger partial charge >= 0.3 is 6.18 Å². The number of halogens is 3. The fourth-order valence-electron chi connectivity index (χ4n) is 3.25. The molecular weight excluding hydrogens is 417 g/mol. The number of imidazole rings is 1. The molecule has 32 heavy (non-hydrogen) atoms. The number of hydrogen-bond acceptors (Lipinski definition) is 3. The molecule has 0 N–H and O–H groups in total. The third-order valence-electron chi connectivity index (χ3n) is 5.17. The van der Waals surface area contributed by atoms with Crippen molar-refractivity contribution in [1.82, 2.24) is 19.4 Å². The number of aryl methyl sites for hydroxylation is 1. The maximum Gasteiger partial charge on any atom is 0.416 e. The molecule has 0 fully saturated rings. The number of aromatic nitrogens is 2. The summed E-state index contributed by atoms with van der Waals surface area (Å²) < 4.78 is 40.3. The minimum Gasteiger partial charge on any atom is -0.330 e. The Balaban J connectivity index is 1.78. The van der Waals surface area contributed by atoms with E-state index in [-0.39, 0.29) is 5.91 Å². The predicted molar refractivity (Wildman–Crippen MR) is 117 cm³/mol. The van der Waals surface area contributed by atoms with Gasteiger partial charge in [0, 0.05) is 37.6 Å². The van der Waals surface area contributed by atoms with Gasteiger partial charge in [0.1, 0.15) is 5.82 Å². The van der Waals surface area contributed by atoms with Crippen LogP contribution in [0.4, 0.5) is 13.2 Å². The number of rotatable bonds is 8. The number of benzene rings is 2. The lowest BCUT2D eigenvalue weighted by atomic mass is 10.1. The molecule has 1 heterocycles. The van der Waals surface area contributed by atoms with Gasteiger partial charge < -0.3 is 14.4 Å². The number of hydrogen-bond donors (Lipinski definition) is 0. The second kappa shape index (κ2) is 9.99. The van der Waals surface area contributed by atoms with Gasteiger partial charge in [-0.25, -0.2) is 4.98 Å². The van der Waals surface area contributed by atoms with E-state index in [2.05, 4.69) is 4.98 Å². The summed E-state index contributed by atoms with van der Waals surface area (Å²) in [6, 6.07) is 12.5. The van der Waals surface area contributed by atoms with Crippen molar-refractivity contribution in [2.45, 2.75) is 26.2 Å². The van der Waals surface area contributed by atoms with Crippen LogP contribution < -0.4 is 0 Å². The van der Waals surface area contributed by atoms with Crippen molar-refractivity contribution in [2.75, 3.05) is 27.2 Å². The van der Waals surface area contributed by atoms with Crippen LogP contribution in [0.3, 0.4) is 0 Å². The summed E-state index contributed by atoms with van der Waals surface area (Å²) in [5.74, 6) is 0.583. The van der Waals surface area contributed by atoms with Crippen molar-refractivity contribution >= 4 is 5.91 Å². The Morgan fingerprint density at radius 1 is 1.00 bits per heavy atom. The largest absolute Gasteiger partial charge is 0.416 e. The number of amides is 1. The van der Waals surface area contributed by atoms with Gasteiger partial charge in [-0.1, -0.05) is 29.8 Å². The molecule has 8 heteroatoms. The molecule has 0 spiro atoms. The predicted octanol–water partition coefficient (Wildman–Crippen LogP) is 4.46. The van der Waals surface area contributed by atoms with Gasteiger partial charge in [0.05, 0.1) is 12.1 Å². The Labute approximate surface area is 186 Å². The van der Waals surface area contributed by atoms with Gasteiger partial charge in [0.2, 0.25) is 0 Å². The van der Waals surface area contributed by atoms with Crippen molar-refractivity contribution in [3.8, 4) is 0 Å². The fraction of sp³-hybridized carbons (Fsp3) is 0.333. The molecule has 1 amide bonds. The summed E-state index contributed by atoms with van der Waals surface area (Å²) in [6.45, 7) is 3.85. The highest BCUT2D eigenvalue weighted by molar-refractivity contribution is 5.94. The Kier molecular flexibility index (Phi) is 7.35. The molecule has 0 bridgehead atoms. The molecule has 0 atom stereocenters. The van der Waals surface area contributed by atoms with E-state index >= 15 is 0 Å². The first-order valence-electron chi connectivity index (χ1n) is 10.3. The van der Waals surface area contributed by atoms with Crippen molar-refractivity contribution < 1.29 is 18.0 Å². The topological polar surface area (TPSA) is 41.4 Å². The molecular formula is C24H27F3N4O. The molecule has 0 saturated carbocycles. The minimum absolute atomic E-state index is 0.0871. The maximum absolute atomic E-state index is 13.2. The van der Waals surface area contributed by atoms with E-state index in [0.717, 1.165) is 23.3 Å². The van der Waals surface area contributed by atoms with Crippen LogP contribution in [-0.4, -0.2) is 52.4 Å². The Bertz CT molecular complexity index is 1020. The zero-order chi connectivity index (χ0) is 23.3. The van der Waals surface area contributed by atoms with Crippen LogP contribution in [-0.2, 0) is 19.3 Å². The number of alkyl halides is 3. The Morgan fingerprint density at radius 2 is 1.66 bits per heavy atom. The van der Waals surface area contributed by atoms with Gasteiger partial charge in [-0.3, -0.25) is 4.79 Å². The van der Waals surface area contributed by atoms with Crippen LogP contribution in [0.1, 0.15) is 32.9 Å². The van der Waals surface area contributed by atoms with Crippen molar-refractivity contribution in [3.05, 3.63) is 89.0 Å². The van der Waals surface area contributed by atoms with Crippen LogP contribution in [0.5, 0.6) is 0 Å². The third-order valence-corrected chi connectivity index (χ3v) is 5.17. The zero-order valence-corrected chi connectivity index (χ0v) is 18.4. The highest BCUT2D eigenvalue weighted by Gasteiger charge is 2.30. The first kappa shape index (κ1) is 23.5. The molecule has 1 aromatic heterocycles. The number of carbonyl (C=O) groups excluding carboxylic acids is 1. The van der Waals surface area contributed by atoms with Crippen LogP contribution in [0.25, 0.3) is 0 Å². The summed E-state index contributed by atoms with van der Waals surface area (Å²) in [6.07, 6.45) is -0.949. The second-order valence-electron chi connectivity index (χ2n) is 8.06. The van der Waals surface area contributed by atoms with E-state index in [0.29, 0.717) is 37.6 Å². The van der Waals surface area contributed by atoms with Gasteiger partial charge in [-0.2, -0.15) is 13.2 Å². The first-order valence-corrected chi connectivity index (χ1v) is 10.3. The van der Waals surface area contributed by atoms with E-state index in [1.165, 1.54) is 12.1 Å². The Morgan fingerprint density at radius 3 is 2.25 bits per heavy atom. The van der Waals surface area contributed by atoms with Gasteiger partial charge in [-0.05, 0) is 50.8 Å². The summed E-state index contributed by atoms with van der Waals surface area (Å²) in [7, 11) is 3.89. The third kappa shape index (κ3) is 6.20. The smallest absolute Gasteiger partial charge is 0.330 e. The molecule has 0 saturated heterocycles. The lowest BCUT2D eigenvalue weighted by Crippen LogP contribution is -2.37. The summed E-state index contributed by atoms with van der Waals surface area (Å²) in [5.41, 5.74) is 1.73. The standard InChI is InChI=1S/C24H27F3N4O/c1-18-4-8-20(9-5-18)23(32)31(15-14-29(2)3)17-22-28-12-13-30(22)16-19-6-10-21(11-7-19)24(25,26)27/h4-13H,14-17H2,1-3H3. The highest BCUT2D eigenvalue weighted by Crippen LogP contribution is 2.29.